The van der Waals surface area contributed by atoms with E-state index in [1.165, 1.54) is 22.5 Å². The van der Waals surface area contributed by atoms with Crippen molar-refractivity contribution >= 4 is 33.2 Å². The Hall–Kier alpha value is -3.64. The zero-order valence-corrected chi connectivity index (χ0v) is 19.0. The van der Waals surface area contributed by atoms with E-state index in [2.05, 4.69) is 20.3 Å². The third-order valence-electron chi connectivity index (χ3n) is 5.22. The molecule has 0 aliphatic carbocycles. The first-order chi connectivity index (χ1) is 15.7. The lowest BCUT2D eigenvalue weighted by atomic mass is 10.3. The Balaban J connectivity index is 1.48. The Kier molecular flexibility index (Phi) is 6.20. The van der Waals surface area contributed by atoms with Gasteiger partial charge in [-0.25, -0.2) is 23.4 Å². The molecule has 0 spiro atoms. The van der Waals surface area contributed by atoms with Crippen LogP contribution in [0.15, 0.2) is 53.6 Å². The molecule has 11 nitrogen and oxygen atoms in total. The third kappa shape index (κ3) is 5.07. The van der Waals surface area contributed by atoms with Crippen LogP contribution in [0.25, 0.3) is 0 Å². The Morgan fingerprint density at radius 2 is 1.76 bits per heavy atom. The van der Waals surface area contributed by atoms with Gasteiger partial charge in [-0.05, 0) is 37.6 Å². The number of non-ortho nitro benzene ring substituents is 1. The maximum atomic E-state index is 13.0. The molecule has 0 amide bonds. The maximum Gasteiger partial charge on any atom is 0.270 e. The Labute approximate surface area is 191 Å². The van der Waals surface area contributed by atoms with Crippen molar-refractivity contribution in [2.24, 2.45) is 0 Å². The summed E-state index contributed by atoms with van der Waals surface area (Å²) in [7, 11) is -3.84. The summed E-state index contributed by atoms with van der Waals surface area (Å²) >= 11 is 0. The standard InChI is InChI=1S/C21H23N7O4S/c1-15-6-7-22-19(12-15)25-20-14-21(24-16(2)23-20)26-8-10-27(11-9-26)33(31,32)18-5-3-4-17(13-18)28(29)30/h3-7,12-14H,8-11H2,1-2H3,(H,22,23,24,25). The molecule has 1 aliphatic heterocycles. The quantitative estimate of drug-likeness (QED) is 0.427. The zero-order valence-electron chi connectivity index (χ0n) is 18.2. The van der Waals surface area contributed by atoms with E-state index in [9.17, 15) is 18.5 Å². The number of nitrogens with one attached hydrogen (secondary N) is 1. The van der Waals surface area contributed by atoms with Crippen molar-refractivity contribution in [2.75, 3.05) is 36.4 Å². The van der Waals surface area contributed by atoms with Gasteiger partial charge in [0.05, 0.1) is 9.82 Å². The lowest BCUT2D eigenvalue weighted by Crippen LogP contribution is -2.49. The topological polar surface area (TPSA) is 134 Å². The van der Waals surface area contributed by atoms with Crippen LogP contribution >= 0.6 is 0 Å². The second-order valence-electron chi connectivity index (χ2n) is 7.65. The van der Waals surface area contributed by atoms with E-state index >= 15 is 0 Å². The highest BCUT2D eigenvalue weighted by Gasteiger charge is 2.30. The summed E-state index contributed by atoms with van der Waals surface area (Å²) in [5.74, 6) is 2.54. The average molecular weight is 470 g/mol. The summed E-state index contributed by atoms with van der Waals surface area (Å²) < 4.78 is 27.3. The largest absolute Gasteiger partial charge is 0.354 e. The van der Waals surface area contributed by atoms with Gasteiger partial charge in [0.25, 0.3) is 5.69 Å². The third-order valence-corrected chi connectivity index (χ3v) is 7.12. The number of pyridine rings is 1. The second-order valence-corrected chi connectivity index (χ2v) is 9.59. The molecule has 1 fully saturated rings. The molecular weight excluding hydrogens is 446 g/mol. The fourth-order valence-electron chi connectivity index (χ4n) is 3.58. The van der Waals surface area contributed by atoms with Crippen LogP contribution in [0.2, 0.25) is 0 Å². The first-order valence-corrected chi connectivity index (χ1v) is 11.7. The van der Waals surface area contributed by atoms with Crippen LogP contribution in [-0.2, 0) is 10.0 Å². The summed E-state index contributed by atoms with van der Waals surface area (Å²) in [6, 6.07) is 10.7. The number of aromatic nitrogens is 3. The van der Waals surface area contributed by atoms with E-state index in [0.717, 1.165) is 11.6 Å². The molecule has 3 heterocycles. The highest BCUT2D eigenvalue weighted by atomic mass is 32.2. The van der Waals surface area contributed by atoms with E-state index in [0.29, 0.717) is 36.4 Å². The van der Waals surface area contributed by atoms with Crippen LogP contribution in [0.4, 0.5) is 23.1 Å². The first-order valence-electron chi connectivity index (χ1n) is 10.3. The van der Waals surface area contributed by atoms with Crippen molar-refractivity contribution in [3.8, 4) is 0 Å². The van der Waals surface area contributed by atoms with Gasteiger partial charge >= 0.3 is 0 Å². The first kappa shape index (κ1) is 22.6. The van der Waals surface area contributed by atoms with Gasteiger partial charge in [-0.2, -0.15) is 4.31 Å². The normalized spacial score (nSPS) is 14.8. The van der Waals surface area contributed by atoms with Crippen LogP contribution in [0.3, 0.4) is 0 Å². The number of hydrogen-bond donors (Lipinski definition) is 1. The minimum absolute atomic E-state index is 0.0832. The molecule has 33 heavy (non-hydrogen) atoms. The van der Waals surface area contributed by atoms with Gasteiger partial charge in [0, 0.05) is 50.6 Å². The summed E-state index contributed by atoms with van der Waals surface area (Å²) in [6.45, 7) is 5.08. The van der Waals surface area contributed by atoms with Crippen molar-refractivity contribution < 1.29 is 13.3 Å². The van der Waals surface area contributed by atoms with Gasteiger partial charge in [0.15, 0.2) is 0 Å². The van der Waals surface area contributed by atoms with Crippen molar-refractivity contribution in [3.63, 3.8) is 0 Å². The summed E-state index contributed by atoms with van der Waals surface area (Å²) in [6.07, 6.45) is 1.72. The van der Waals surface area contributed by atoms with Gasteiger partial charge in [-0.1, -0.05) is 6.07 Å². The molecule has 1 aromatic carbocycles. The molecular formula is C21H23N7O4S. The lowest BCUT2D eigenvalue weighted by molar-refractivity contribution is -0.385. The molecule has 12 heteroatoms. The molecule has 0 radical (unpaired) electrons. The van der Waals surface area contributed by atoms with Crippen LogP contribution < -0.4 is 10.2 Å². The van der Waals surface area contributed by atoms with Gasteiger partial charge in [0.2, 0.25) is 10.0 Å². The number of aryl methyl sites for hydroxylation is 2. The molecule has 1 N–H and O–H groups in total. The molecule has 1 saturated heterocycles. The average Bonchev–Trinajstić information content (AvgIpc) is 2.79. The van der Waals surface area contributed by atoms with E-state index < -0.39 is 14.9 Å². The molecule has 4 rings (SSSR count). The lowest BCUT2D eigenvalue weighted by Gasteiger charge is -2.34. The molecule has 0 bridgehead atoms. The van der Waals surface area contributed by atoms with Gasteiger partial charge < -0.3 is 10.2 Å². The predicted molar refractivity (Wildman–Crippen MR) is 123 cm³/mol. The minimum Gasteiger partial charge on any atom is -0.354 e. The minimum atomic E-state index is -3.84. The number of rotatable bonds is 6. The molecule has 0 saturated carbocycles. The van der Waals surface area contributed by atoms with Crippen LogP contribution in [0.1, 0.15) is 11.4 Å². The molecule has 172 valence electrons. The highest BCUT2D eigenvalue weighted by Crippen LogP contribution is 2.24. The number of piperazine rings is 1. The fraction of sp³-hybridized carbons (Fsp3) is 0.286. The summed E-state index contributed by atoms with van der Waals surface area (Å²) in [5, 5.41) is 14.2. The van der Waals surface area contributed by atoms with Crippen molar-refractivity contribution in [1.82, 2.24) is 19.3 Å². The number of anilines is 3. The van der Waals surface area contributed by atoms with E-state index in [1.807, 2.05) is 30.0 Å². The number of benzene rings is 1. The second kappa shape index (κ2) is 9.08. The van der Waals surface area contributed by atoms with Crippen molar-refractivity contribution in [3.05, 3.63) is 70.2 Å². The SMILES string of the molecule is Cc1ccnc(Nc2cc(N3CCN(S(=O)(=O)c4cccc([N+](=O)[O-])c4)CC3)nc(C)n2)c1. The molecule has 3 aromatic rings. The van der Waals surface area contributed by atoms with Crippen LogP contribution in [-0.4, -0.2) is 58.8 Å². The van der Waals surface area contributed by atoms with E-state index in [4.69, 9.17) is 0 Å². The number of nitro groups is 1. The van der Waals surface area contributed by atoms with E-state index in [1.54, 1.807) is 13.1 Å². The van der Waals surface area contributed by atoms with Crippen LogP contribution in [0.5, 0.6) is 0 Å². The summed E-state index contributed by atoms with van der Waals surface area (Å²) in [4.78, 5) is 25.5. The smallest absolute Gasteiger partial charge is 0.270 e. The Morgan fingerprint density at radius 3 is 2.45 bits per heavy atom. The highest BCUT2D eigenvalue weighted by molar-refractivity contribution is 7.89. The number of sulfonamides is 1. The Morgan fingerprint density at radius 1 is 1.00 bits per heavy atom. The van der Waals surface area contributed by atoms with E-state index in [-0.39, 0.29) is 23.7 Å². The van der Waals surface area contributed by atoms with Crippen molar-refractivity contribution in [1.29, 1.82) is 0 Å². The van der Waals surface area contributed by atoms with Crippen molar-refractivity contribution in [2.45, 2.75) is 18.7 Å². The predicted octanol–water partition coefficient (Wildman–Crippen LogP) is 2.65. The summed E-state index contributed by atoms with van der Waals surface area (Å²) in [5.41, 5.74) is 0.814. The zero-order chi connectivity index (χ0) is 23.6. The van der Waals surface area contributed by atoms with Gasteiger partial charge in [-0.3, -0.25) is 10.1 Å². The Bertz CT molecular complexity index is 1290. The number of nitrogens with zero attached hydrogens (tertiary/aromatic N) is 6. The number of hydrogen-bond acceptors (Lipinski definition) is 9. The molecule has 1 aliphatic rings. The van der Waals surface area contributed by atoms with Gasteiger partial charge in [0.1, 0.15) is 23.3 Å². The molecule has 0 unspecified atom stereocenters. The molecule has 2 aromatic heterocycles. The fourth-order valence-corrected chi connectivity index (χ4v) is 5.04. The monoisotopic (exact) mass is 469 g/mol. The molecule has 0 atom stereocenters. The number of nitro benzene ring substituents is 1. The maximum absolute atomic E-state index is 13.0. The van der Waals surface area contributed by atoms with Crippen LogP contribution in [0, 0.1) is 24.0 Å². The van der Waals surface area contributed by atoms with Gasteiger partial charge in [-0.15, -0.1) is 0 Å².